The van der Waals surface area contributed by atoms with Gasteiger partial charge in [0.25, 0.3) is 0 Å². The molecule has 0 aliphatic rings. The number of nitrogens with two attached hydrogens (primary N) is 4. The Morgan fingerprint density at radius 1 is 0.930 bits per heavy atom. The summed E-state index contributed by atoms with van der Waals surface area (Å²) in [5.41, 5.74) is 24.3. The zero-order valence-electron chi connectivity index (χ0n) is 24.5. The maximum absolute atomic E-state index is 13.5. The van der Waals surface area contributed by atoms with Crippen molar-refractivity contribution in [2.45, 2.75) is 69.1 Å². The number of aliphatic imine (C=N–C) groups is 1. The number of H-pyrrole nitrogens is 1. The number of hydrogen-bond donors (Lipinski definition) is 9. The average Bonchev–Trinajstić information content (AvgIpc) is 3.38. The highest BCUT2D eigenvalue weighted by Crippen LogP contribution is 2.19. The minimum absolute atomic E-state index is 0.0981. The lowest BCUT2D eigenvalue weighted by molar-refractivity contribution is -0.142. The van der Waals surface area contributed by atoms with Gasteiger partial charge in [0.1, 0.15) is 18.1 Å². The van der Waals surface area contributed by atoms with Gasteiger partial charge in [-0.3, -0.25) is 19.4 Å². The van der Waals surface area contributed by atoms with Crippen molar-refractivity contribution in [3.63, 3.8) is 0 Å². The molecule has 3 amide bonds. The number of carboxylic acids is 1. The number of unbranched alkanes of at least 4 members (excludes halogenated alkanes) is 1. The molecular weight excluding hydrogens is 574 g/mol. The Bertz CT molecular complexity index is 1230. The van der Waals surface area contributed by atoms with Crippen LogP contribution in [0.5, 0.6) is 0 Å². The molecule has 4 atom stereocenters. The number of aliphatic carboxylic acids is 1. The van der Waals surface area contributed by atoms with Crippen molar-refractivity contribution < 1.29 is 24.3 Å². The van der Waals surface area contributed by atoms with Gasteiger partial charge in [-0.2, -0.15) is 11.8 Å². The Morgan fingerprint density at radius 2 is 1.56 bits per heavy atom. The number of carboxylic acid groups (broad SMARTS) is 1. The fourth-order valence-corrected chi connectivity index (χ4v) is 4.95. The number of nitrogens with one attached hydrogen (secondary N) is 4. The highest BCUT2D eigenvalue weighted by Gasteiger charge is 2.30. The molecule has 0 spiro atoms. The van der Waals surface area contributed by atoms with Crippen LogP contribution < -0.4 is 38.9 Å². The van der Waals surface area contributed by atoms with Crippen LogP contribution in [0.2, 0.25) is 0 Å². The molecule has 0 fully saturated rings. The van der Waals surface area contributed by atoms with Gasteiger partial charge in [0.15, 0.2) is 5.96 Å². The predicted molar refractivity (Wildman–Crippen MR) is 169 cm³/mol. The molecule has 1 aromatic carbocycles. The number of para-hydroxylation sites is 1. The van der Waals surface area contributed by atoms with Crippen molar-refractivity contribution in [2.24, 2.45) is 27.9 Å². The molecule has 14 nitrogen and oxygen atoms in total. The van der Waals surface area contributed by atoms with E-state index in [1.165, 1.54) is 11.8 Å². The minimum Gasteiger partial charge on any atom is -0.480 e. The fourth-order valence-electron chi connectivity index (χ4n) is 4.48. The topological polar surface area (TPSA) is 257 Å². The van der Waals surface area contributed by atoms with Gasteiger partial charge in [-0.1, -0.05) is 18.2 Å². The summed E-state index contributed by atoms with van der Waals surface area (Å²) in [6.07, 6.45) is 6.02. The van der Waals surface area contributed by atoms with Crippen LogP contribution in [0.25, 0.3) is 10.9 Å². The summed E-state index contributed by atoms with van der Waals surface area (Å²) in [4.78, 5) is 58.5. The Morgan fingerprint density at radius 3 is 2.21 bits per heavy atom. The quantitative estimate of drug-likeness (QED) is 0.0522. The lowest BCUT2D eigenvalue weighted by Gasteiger charge is -2.25. The van der Waals surface area contributed by atoms with Crippen LogP contribution in [0.1, 0.15) is 44.1 Å². The van der Waals surface area contributed by atoms with E-state index in [1.807, 2.05) is 30.5 Å². The van der Waals surface area contributed by atoms with Crippen LogP contribution >= 0.6 is 11.8 Å². The first-order valence-electron chi connectivity index (χ1n) is 14.3. The van der Waals surface area contributed by atoms with E-state index in [1.54, 1.807) is 6.20 Å². The van der Waals surface area contributed by atoms with E-state index in [0.29, 0.717) is 31.6 Å². The van der Waals surface area contributed by atoms with E-state index in [0.717, 1.165) is 16.5 Å². The SMILES string of the molecule is CSCC[C@H](NC(=O)[C@H](CCCN=C(N)N)NC(=O)[C@@H](N)Cc1c[nH]c2ccccc12)C(=O)N[C@@H](CCCCN)C(=O)O. The molecule has 238 valence electrons. The van der Waals surface area contributed by atoms with Gasteiger partial charge in [-0.25, -0.2) is 4.79 Å². The first-order chi connectivity index (χ1) is 20.6. The van der Waals surface area contributed by atoms with Crippen molar-refractivity contribution in [3.05, 3.63) is 36.0 Å². The Labute approximate surface area is 255 Å². The number of hydrogen-bond acceptors (Lipinski definition) is 8. The van der Waals surface area contributed by atoms with Gasteiger partial charge in [0, 0.05) is 23.6 Å². The molecule has 1 heterocycles. The summed E-state index contributed by atoms with van der Waals surface area (Å²) in [7, 11) is 0. The standard InChI is InChI=1S/C28H45N9O5S/c1-43-14-11-22(26(40)37-23(27(41)42)9-4-5-12-29)36-25(39)21(10-6-13-33-28(31)32)35-24(38)19(30)15-17-16-34-20-8-3-2-7-18(17)20/h2-3,7-8,16,19,21-23,34H,4-6,9-15,29-30H2,1H3,(H,35,38)(H,36,39)(H,37,40)(H,41,42)(H4,31,32,33)/t19-,21-,22-,23-/m0/s1. The zero-order chi connectivity index (χ0) is 31.8. The maximum atomic E-state index is 13.5. The maximum Gasteiger partial charge on any atom is 0.326 e. The van der Waals surface area contributed by atoms with E-state index >= 15 is 0 Å². The van der Waals surface area contributed by atoms with Crippen LogP contribution in [0, 0.1) is 0 Å². The molecule has 0 saturated carbocycles. The molecule has 1 aromatic heterocycles. The number of guanidine groups is 1. The Balaban J connectivity index is 2.15. The number of amides is 3. The number of thioether (sulfide) groups is 1. The smallest absolute Gasteiger partial charge is 0.326 e. The summed E-state index contributed by atoms with van der Waals surface area (Å²) in [6.45, 7) is 0.636. The summed E-state index contributed by atoms with van der Waals surface area (Å²) < 4.78 is 0. The van der Waals surface area contributed by atoms with Crippen LogP contribution in [0.3, 0.4) is 0 Å². The monoisotopic (exact) mass is 619 g/mol. The van der Waals surface area contributed by atoms with Gasteiger partial charge in [-0.15, -0.1) is 0 Å². The van der Waals surface area contributed by atoms with Crippen molar-refractivity contribution >= 4 is 52.3 Å². The Hall–Kier alpha value is -3.82. The first kappa shape index (κ1) is 35.4. The first-order valence-corrected chi connectivity index (χ1v) is 15.7. The molecule has 0 bridgehead atoms. The van der Waals surface area contributed by atoms with E-state index < -0.39 is 47.9 Å². The van der Waals surface area contributed by atoms with E-state index in [-0.39, 0.29) is 38.2 Å². The lowest BCUT2D eigenvalue weighted by atomic mass is 10.0. The van der Waals surface area contributed by atoms with Crippen LogP contribution in [-0.4, -0.2) is 89.0 Å². The molecule has 15 heteroatoms. The molecule has 43 heavy (non-hydrogen) atoms. The van der Waals surface area contributed by atoms with E-state index in [4.69, 9.17) is 22.9 Å². The van der Waals surface area contributed by atoms with Gasteiger partial charge in [-0.05, 0) is 75.1 Å². The largest absolute Gasteiger partial charge is 0.480 e. The minimum atomic E-state index is -1.17. The van der Waals surface area contributed by atoms with Crippen LogP contribution in [-0.2, 0) is 25.6 Å². The summed E-state index contributed by atoms with van der Waals surface area (Å²) in [6, 6.07) is 3.51. The van der Waals surface area contributed by atoms with Gasteiger partial charge >= 0.3 is 5.97 Å². The number of fused-ring (bicyclic) bond motifs is 1. The normalized spacial score (nSPS) is 13.8. The number of benzene rings is 1. The molecule has 0 radical (unpaired) electrons. The van der Waals surface area contributed by atoms with Gasteiger partial charge in [0.05, 0.1) is 6.04 Å². The lowest BCUT2D eigenvalue weighted by Crippen LogP contribution is -2.57. The second kappa shape index (κ2) is 18.7. The second-order valence-electron chi connectivity index (χ2n) is 10.2. The average molecular weight is 620 g/mol. The molecule has 0 aliphatic heterocycles. The fraction of sp³-hybridized carbons (Fsp3) is 0.536. The van der Waals surface area contributed by atoms with E-state index in [2.05, 4.69) is 25.9 Å². The van der Waals surface area contributed by atoms with E-state index in [9.17, 15) is 24.3 Å². The molecule has 2 rings (SSSR count). The summed E-state index contributed by atoms with van der Waals surface area (Å²) in [5.74, 6) is -2.50. The third-order valence-corrected chi connectivity index (χ3v) is 7.48. The Kier molecular flexibility index (Phi) is 15.4. The van der Waals surface area contributed by atoms with Crippen LogP contribution in [0.4, 0.5) is 0 Å². The molecule has 13 N–H and O–H groups in total. The number of aromatic nitrogens is 1. The highest BCUT2D eigenvalue weighted by molar-refractivity contribution is 7.98. The molecule has 0 unspecified atom stereocenters. The van der Waals surface area contributed by atoms with Crippen LogP contribution in [0.15, 0.2) is 35.5 Å². The second-order valence-corrected chi connectivity index (χ2v) is 11.2. The summed E-state index contributed by atoms with van der Waals surface area (Å²) >= 11 is 1.47. The number of nitrogens with zero attached hydrogens (tertiary/aromatic N) is 1. The molecule has 0 aliphatic carbocycles. The van der Waals surface area contributed by atoms with Gasteiger partial charge in [0.2, 0.25) is 17.7 Å². The summed E-state index contributed by atoms with van der Waals surface area (Å²) in [5, 5.41) is 18.5. The third-order valence-electron chi connectivity index (χ3n) is 6.83. The number of carbonyl (C=O) groups is 4. The molecule has 0 saturated heterocycles. The highest BCUT2D eigenvalue weighted by atomic mass is 32.2. The third kappa shape index (κ3) is 12.1. The number of rotatable bonds is 20. The van der Waals surface area contributed by atoms with Crippen molar-refractivity contribution in [3.8, 4) is 0 Å². The predicted octanol–water partition coefficient (Wildman–Crippen LogP) is -0.488. The number of aromatic amines is 1. The van der Waals surface area contributed by atoms with Crippen molar-refractivity contribution in [2.75, 3.05) is 25.1 Å². The molecular formula is C28H45N9O5S. The zero-order valence-corrected chi connectivity index (χ0v) is 25.3. The number of carbonyl (C=O) groups excluding carboxylic acids is 3. The molecule has 2 aromatic rings. The van der Waals surface area contributed by atoms with Gasteiger partial charge < -0.3 is 49.0 Å². The van der Waals surface area contributed by atoms with Crippen molar-refractivity contribution in [1.29, 1.82) is 0 Å². The van der Waals surface area contributed by atoms with Crippen molar-refractivity contribution in [1.82, 2.24) is 20.9 Å².